The Kier molecular flexibility index (Phi) is 7.75. The maximum Gasteiger partial charge on any atom is 0.354 e. The van der Waals surface area contributed by atoms with Crippen molar-refractivity contribution in [2.75, 3.05) is 38.0 Å². The van der Waals surface area contributed by atoms with Gasteiger partial charge in [0.2, 0.25) is 5.91 Å². The molecule has 1 aromatic heterocycles. The first-order chi connectivity index (χ1) is 18.6. The van der Waals surface area contributed by atoms with Gasteiger partial charge in [0.05, 0.1) is 11.2 Å². The molecule has 11 heteroatoms. The summed E-state index contributed by atoms with van der Waals surface area (Å²) in [6, 6.07) is 8.49. The number of aryl methyl sites for hydroxylation is 1. The molecule has 2 fully saturated rings. The number of carbonyl (C=O) groups excluding carboxylic acids is 2. The average Bonchev–Trinajstić information content (AvgIpc) is 2.89. The number of hydrogen-bond donors (Lipinski definition) is 4. The van der Waals surface area contributed by atoms with Gasteiger partial charge in [-0.1, -0.05) is 6.07 Å². The third-order valence-corrected chi connectivity index (χ3v) is 8.18. The van der Waals surface area contributed by atoms with Crippen molar-refractivity contribution in [3.8, 4) is 5.69 Å². The number of fused-ring (bicyclic) bond motifs is 1. The third-order valence-electron chi connectivity index (χ3n) is 8.18. The quantitative estimate of drug-likeness (QED) is 0.427. The van der Waals surface area contributed by atoms with E-state index in [9.17, 15) is 14.4 Å². The van der Waals surface area contributed by atoms with E-state index in [-0.39, 0.29) is 17.8 Å². The molecule has 3 aliphatic rings. The van der Waals surface area contributed by atoms with Gasteiger partial charge in [-0.2, -0.15) is 4.98 Å². The lowest BCUT2D eigenvalue weighted by atomic mass is 9.79. The molecule has 6 N–H and O–H groups in total. The molecule has 3 amide bonds. The number of aromatic nitrogens is 2. The zero-order valence-electron chi connectivity index (χ0n) is 22.9. The minimum atomic E-state index is -0.944. The summed E-state index contributed by atoms with van der Waals surface area (Å²) < 4.78 is 1.50. The Morgan fingerprint density at radius 1 is 1.05 bits per heavy atom. The van der Waals surface area contributed by atoms with Gasteiger partial charge in [-0.05, 0) is 87.7 Å². The fourth-order valence-electron chi connectivity index (χ4n) is 5.81. The lowest BCUT2D eigenvalue weighted by Crippen LogP contribution is -2.58. The summed E-state index contributed by atoms with van der Waals surface area (Å²) in [5, 5.41) is 6.51. The van der Waals surface area contributed by atoms with E-state index in [0.717, 1.165) is 31.5 Å². The SMILES string of the molecule is CC(C)(N)C(=O)N1CCN(C(=O)Nc2ccn(-c3ccc4c(c3)CCC(N[C@H]3C[C@@H](CN)C3)C4)c(=O)n2)CC1. The van der Waals surface area contributed by atoms with Crippen molar-refractivity contribution in [1.82, 2.24) is 24.7 Å². The number of benzene rings is 1. The van der Waals surface area contributed by atoms with Crippen molar-refractivity contribution in [1.29, 1.82) is 0 Å². The summed E-state index contributed by atoms with van der Waals surface area (Å²) in [4.78, 5) is 45.3. The second-order valence-electron chi connectivity index (χ2n) is 11.7. The van der Waals surface area contributed by atoms with Crippen LogP contribution in [0.2, 0.25) is 0 Å². The number of nitrogens with two attached hydrogens (primary N) is 2. The van der Waals surface area contributed by atoms with Crippen LogP contribution in [-0.2, 0) is 17.6 Å². The molecule has 1 saturated carbocycles. The Hall–Kier alpha value is -3.28. The summed E-state index contributed by atoms with van der Waals surface area (Å²) >= 11 is 0. The number of rotatable bonds is 6. The zero-order chi connectivity index (χ0) is 27.7. The second kappa shape index (κ2) is 11.1. The molecule has 11 nitrogen and oxygen atoms in total. The van der Waals surface area contributed by atoms with E-state index in [2.05, 4.69) is 27.8 Å². The molecule has 1 saturated heterocycles. The smallest absolute Gasteiger partial charge is 0.338 e. The van der Waals surface area contributed by atoms with Gasteiger partial charge >= 0.3 is 11.7 Å². The summed E-state index contributed by atoms with van der Waals surface area (Å²) in [6.07, 6.45) is 7.02. The average molecular weight is 537 g/mol. The van der Waals surface area contributed by atoms with Gasteiger partial charge in [0, 0.05) is 44.5 Å². The molecule has 39 heavy (non-hydrogen) atoms. The van der Waals surface area contributed by atoms with Crippen LogP contribution in [-0.4, -0.2) is 81.6 Å². The highest BCUT2D eigenvalue weighted by Gasteiger charge is 2.32. The van der Waals surface area contributed by atoms with E-state index in [4.69, 9.17) is 11.5 Å². The van der Waals surface area contributed by atoms with Gasteiger partial charge < -0.3 is 26.6 Å². The van der Waals surface area contributed by atoms with Crippen LogP contribution in [0.3, 0.4) is 0 Å². The Bertz CT molecular complexity index is 1270. The van der Waals surface area contributed by atoms with Gasteiger partial charge in [0.1, 0.15) is 5.82 Å². The van der Waals surface area contributed by atoms with Crippen LogP contribution in [0, 0.1) is 5.92 Å². The first kappa shape index (κ1) is 27.3. The van der Waals surface area contributed by atoms with Crippen LogP contribution >= 0.6 is 0 Å². The van der Waals surface area contributed by atoms with E-state index in [1.165, 1.54) is 28.5 Å². The van der Waals surface area contributed by atoms with Crippen LogP contribution in [0.1, 0.15) is 44.2 Å². The highest BCUT2D eigenvalue weighted by molar-refractivity contribution is 5.89. The molecule has 0 spiro atoms. The number of carbonyl (C=O) groups is 2. The normalized spacial score (nSPS) is 23.1. The molecule has 2 aliphatic carbocycles. The summed E-state index contributed by atoms with van der Waals surface area (Å²) in [6.45, 7) is 5.71. The van der Waals surface area contributed by atoms with Crippen molar-refractivity contribution in [2.45, 2.75) is 63.6 Å². The number of nitrogens with one attached hydrogen (secondary N) is 2. The Morgan fingerprint density at radius 2 is 1.77 bits per heavy atom. The van der Waals surface area contributed by atoms with Crippen molar-refractivity contribution in [2.24, 2.45) is 17.4 Å². The molecule has 0 radical (unpaired) electrons. The number of nitrogens with zero attached hydrogens (tertiary/aromatic N) is 4. The summed E-state index contributed by atoms with van der Waals surface area (Å²) in [5.74, 6) is 0.730. The molecule has 210 valence electrons. The largest absolute Gasteiger partial charge is 0.354 e. The third kappa shape index (κ3) is 6.15. The number of hydrogen-bond acceptors (Lipinski definition) is 7. The Labute approximate surface area is 228 Å². The summed E-state index contributed by atoms with van der Waals surface area (Å²) in [7, 11) is 0. The zero-order valence-corrected chi connectivity index (χ0v) is 22.9. The first-order valence-electron chi connectivity index (χ1n) is 13.9. The molecule has 5 rings (SSSR count). The Morgan fingerprint density at radius 3 is 2.44 bits per heavy atom. The minimum absolute atomic E-state index is 0.138. The van der Waals surface area contributed by atoms with E-state index >= 15 is 0 Å². The monoisotopic (exact) mass is 536 g/mol. The topological polar surface area (TPSA) is 152 Å². The van der Waals surface area contributed by atoms with E-state index in [1.807, 2.05) is 6.07 Å². The van der Waals surface area contributed by atoms with Crippen LogP contribution in [0.25, 0.3) is 5.69 Å². The first-order valence-corrected chi connectivity index (χ1v) is 13.9. The minimum Gasteiger partial charge on any atom is -0.338 e. The lowest BCUT2D eigenvalue weighted by Gasteiger charge is -2.39. The van der Waals surface area contributed by atoms with E-state index in [1.54, 1.807) is 35.9 Å². The molecular formula is C28H40N8O3. The van der Waals surface area contributed by atoms with E-state index < -0.39 is 11.2 Å². The number of anilines is 1. The fourth-order valence-corrected chi connectivity index (χ4v) is 5.81. The standard InChI is InChI=1S/C28H40N8O3/c1-28(2,30)25(37)34-9-11-35(12-10-34)26(38)32-24-7-8-36(27(39)33-24)23-6-4-19-15-21(5-3-20(19)16-23)31-22-13-18(14-22)17-29/h4,6-8,16,18,21-22,31H,3,5,9-15,17,29-30H2,1-2H3,(H,32,33,38,39)/t18-,21?,22+. The second-order valence-corrected chi connectivity index (χ2v) is 11.7. The van der Waals surface area contributed by atoms with Crippen molar-refractivity contribution < 1.29 is 9.59 Å². The fraction of sp³-hybridized carbons (Fsp3) is 0.571. The van der Waals surface area contributed by atoms with Gasteiger partial charge in [-0.25, -0.2) is 9.59 Å². The van der Waals surface area contributed by atoms with E-state index in [0.29, 0.717) is 44.2 Å². The molecular weight excluding hydrogens is 496 g/mol. The molecule has 1 unspecified atom stereocenters. The number of urea groups is 1. The maximum absolute atomic E-state index is 12.9. The number of piperazine rings is 1. The van der Waals surface area contributed by atoms with Crippen LogP contribution < -0.4 is 27.8 Å². The molecule has 1 aliphatic heterocycles. The molecule has 2 heterocycles. The molecule has 0 bridgehead atoms. The number of amides is 3. The molecule has 1 aromatic carbocycles. The van der Waals surface area contributed by atoms with Gasteiger partial charge in [0.25, 0.3) is 0 Å². The Balaban J connectivity index is 1.17. The van der Waals surface area contributed by atoms with Crippen molar-refractivity contribution >= 4 is 17.8 Å². The molecule has 1 atom stereocenters. The predicted molar refractivity (Wildman–Crippen MR) is 150 cm³/mol. The highest BCUT2D eigenvalue weighted by atomic mass is 16.2. The van der Waals surface area contributed by atoms with Crippen LogP contribution in [0.5, 0.6) is 0 Å². The van der Waals surface area contributed by atoms with Crippen LogP contribution in [0.15, 0.2) is 35.3 Å². The van der Waals surface area contributed by atoms with Gasteiger partial charge in [-0.15, -0.1) is 0 Å². The van der Waals surface area contributed by atoms with Gasteiger partial charge in [-0.3, -0.25) is 14.7 Å². The predicted octanol–water partition coefficient (Wildman–Crippen LogP) is 0.830. The van der Waals surface area contributed by atoms with Crippen molar-refractivity contribution in [3.05, 3.63) is 52.1 Å². The van der Waals surface area contributed by atoms with Crippen LogP contribution in [0.4, 0.5) is 10.6 Å². The maximum atomic E-state index is 12.9. The molecule has 2 aromatic rings. The van der Waals surface area contributed by atoms with Gasteiger partial charge in [0.15, 0.2) is 0 Å². The lowest BCUT2D eigenvalue weighted by molar-refractivity contribution is -0.137. The highest BCUT2D eigenvalue weighted by Crippen LogP contribution is 2.29. The van der Waals surface area contributed by atoms with Crippen molar-refractivity contribution in [3.63, 3.8) is 0 Å². The summed E-state index contributed by atoms with van der Waals surface area (Å²) in [5.41, 5.74) is 13.6.